The molecule has 1 saturated heterocycles. The molecule has 0 spiro atoms. The van der Waals surface area contributed by atoms with Gasteiger partial charge in [-0.25, -0.2) is 4.39 Å². The molecule has 4 atom stereocenters. The van der Waals surface area contributed by atoms with Gasteiger partial charge in [0.05, 0.1) is 0 Å². The van der Waals surface area contributed by atoms with E-state index in [1.807, 2.05) is 0 Å². The van der Waals surface area contributed by atoms with E-state index in [1.165, 1.54) is 6.92 Å². The second-order valence-electron chi connectivity index (χ2n) is 4.03. The Morgan fingerprint density at radius 3 is 2.20 bits per heavy atom. The maximum absolute atomic E-state index is 14.2. The first-order chi connectivity index (χ1) is 9.31. The molecule has 0 aromatic carbocycles. The summed E-state index contributed by atoms with van der Waals surface area (Å²) in [5, 5.41) is 0. The number of rotatable bonds is 4. The van der Waals surface area contributed by atoms with Crippen LogP contribution < -0.4 is 0 Å². The highest BCUT2D eigenvalue weighted by Crippen LogP contribution is 2.34. The number of halogens is 1. The molecule has 0 aliphatic carbocycles. The van der Waals surface area contributed by atoms with E-state index < -0.39 is 41.7 Å². The molecule has 1 aliphatic rings. The van der Waals surface area contributed by atoms with Gasteiger partial charge in [0.15, 0.2) is 12.3 Å². The summed E-state index contributed by atoms with van der Waals surface area (Å²) in [5.41, 5.74) is -1.24. The molecule has 0 aromatic heterocycles. The van der Waals surface area contributed by atoms with Gasteiger partial charge in [-0.2, -0.15) is 0 Å². The summed E-state index contributed by atoms with van der Waals surface area (Å²) in [4.78, 5) is 32.6. The fourth-order valence-corrected chi connectivity index (χ4v) is 2.35. The van der Waals surface area contributed by atoms with Crippen molar-refractivity contribution in [2.24, 2.45) is 0 Å². The normalized spacial score (nSPS) is 29.4. The Balaban J connectivity index is 2.74. The maximum Gasteiger partial charge on any atom is 0.303 e. The summed E-state index contributed by atoms with van der Waals surface area (Å²) in [6, 6.07) is 0. The second-order valence-corrected chi connectivity index (χ2v) is 4.88. The molecule has 0 saturated carbocycles. The number of hydrogen-bond acceptors (Lipinski definition) is 8. The fraction of sp³-hybridized carbons (Fsp3) is 0.727. The van der Waals surface area contributed by atoms with Gasteiger partial charge in [-0.3, -0.25) is 14.4 Å². The van der Waals surface area contributed by atoms with E-state index in [0.717, 1.165) is 13.8 Å². The highest BCUT2D eigenvalue weighted by atomic mass is 32.2. The lowest BCUT2D eigenvalue weighted by molar-refractivity contribution is -0.170. The molecule has 0 N–H and O–H groups in total. The van der Waals surface area contributed by atoms with Crippen molar-refractivity contribution in [1.82, 2.24) is 0 Å². The monoisotopic (exact) mass is 310 g/mol. The summed E-state index contributed by atoms with van der Waals surface area (Å²) in [7, 11) is 0. The van der Waals surface area contributed by atoms with Gasteiger partial charge in [-0.1, -0.05) is 0 Å². The molecule has 7 nitrogen and oxygen atoms in total. The number of esters is 3. The standard InChI is InChI=1S/C11H15FO7S/c1-5(13)16-4-8-10(17-6(2)14)9(12)11(20-19-8)18-7(3)15/h8-11H,4H2,1-3H3/t8-,9+,10-,11+/m1/s1. The molecular formula is C11H15FO7S. The molecule has 1 fully saturated rings. The van der Waals surface area contributed by atoms with Crippen molar-refractivity contribution in [3.8, 4) is 0 Å². The number of alkyl halides is 1. The third-order valence-electron chi connectivity index (χ3n) is 2.25. The van der Waals surface area contributed by atoms with Gasteiger partial charge in [-0.15, -0.1) is 0 Å². The summed E-state index contributed by atoms with van der Waals surface area (Å²) in [5.74, 6) is -1.98. The minimum absolute atomic E-state index is 0.270. The van der Waals surface area contributed by atoms with Gasteiger partial charge >= 0.3 is 17.9 Å². The quantitative estimate of drug-likeness (QED) is 0.427. The first kappa shape index (κ1) is 16.7. The lowest BCUT2D eigenvalue weighted by atomic mass is 10.1. The predicted molar refractivity (Wildman–Crippen MR) is 65.1 cm³/mol. The van der Waals surface area contributed by atoms with Crippen molar-refractivity contribution in [2.45, 2.75) is 44.6 Å². The Kier molecular flexibility index (Phi) is 6.21. The second kappa shape index (κ2) is 7.44. The molecule has 9 heteroatoms. The van der Waals surface area contributed by atoms with E-state index in [2.05, 4.69) is 0 Å². The Labute approximate surface area is 119 Å². The molecule has 0 radical (unpaired) electrons. The van der Waals surface area contributed by atoms with Crippen molar-refractivity contribution in [3.05, 3.63) is 0 Å². The van der Waals surface area contributed by atoms with Crippen LogP contribution >= 0.6 is 12.0 Å². The van der Waals surface area contributed by atoms with Crippen LogP contribution in [0.3, 0.4) is 0 Å². The number of hydrogen-bond donors (Lipinski definition) is 0. The van der Waals surface area contributed by atoms with Crippen molar-refractivity contribution < 1.29 is 37.2 Å². The highest BCUT2D eigenvalue weighted by Gasteiger charge is 2.46. The smallest absolute Gasteiger partial charge is 0.303 e. The van der Waals surface area contributed by atoms with Crippen molar-refractivity contribution in [1.29, 1.82) is 0 Å². The highest BCUT2D eigenvalue weighted by molar-refractivity contribution is 7.95. The Morgan fingerprint density at radius 2 is 1.70 bits per heavy atom. The van der Waals surface area contributed by atoms with Gasteiger partial charge in [0.25, 0.3) is 0 Å². The lowest BCUT2D eigenvalue weighted by Crippen LogP contribution is -2.51. The van der Waals surface area contributed by atoms with Gasteiger partial charge in [-0.05, 0) is 0 Å². The molecule has 0 amide bonds. The third-order valence-corrected chi connectivity index (χ3v) is 3.15. The molecule has 1 rings (SSSR count). The first-order valence-electron chi connectivity index (χ1n) is 5.75. The van der Waals surface area contributed by atoms with E-state index in [1.54, 1.807) is 0 Å². The summed E-state index contributed by atoms with van der Waals surface area (Å²) in [6.07, 6.45) is -4.09. The summed E-state index contributed by atoms with van der Waals surface area (Å²) in [6.45, 7) is 3.15. The van der Waals surface area contributed by atoms with Crippen LogP contribution in [0.4, 0.5) is 4.39 Å². The molecule has 0 bridgehead atoms. The van der Waals surface area contributed by atoms with Gasteiger partial charge < -0.3 is 18.4 Å². The predicted octanol–water partition coefficient (Wildman–Crippen LogP) is 0.756. The van der Waals surface area contributed by atoms with Crippen LogP contribution in [0.25, 0.3) is 0 Å². The molecule has 1 aliphatic heterocycles. The van der Waals surface area contributed by atoms with Crippen LogP contribution in [0.1, 0.15) is 20.8 Å². The van der Waals surface area contributed by atoms with E-state index in [4.69, 9.17) is 18.4 Å². The molecule has 114 valence electrons. The van der Waals surface area contributed by atoms with Crippen molar-refractivity contribution >= 4 is 30.0 Å². The van der Waals surface area contributed by atoms with Crippen LogP contribution in [-0.4, -0.2) is 48.3 Å². The number of carbonyl (C=O) groups is 3. The largest absolute Gasteiger partial charge is 0.463 e. The SMILES string of the molecule is CC(=O)OC[C@H]1OS[C@H](OC(C)=O)[C@@H](F)[C@@H]1OC(C)=O. The number of carbonyl (C=O) groups excluding carboxylic acids is 3. The van der Waals surface area contributed by atoms with E-state index in [-0.39, 0.29) is 6.61 Å². The summed E-state index contributed by atoms with van der Waals surface area (Å²) < 4.78 is 33.6. The third kappa shape index (κ3) is 4.97. The number of ether oxygens (including phenoxy) is 3. The maximum atomic E-state index is 14.2. The topological polar surface area (TPSA) is 88.1 Å². The van der Waals surface area contributed by atoms with Crippen LogP contribution in [0.5, 0.6) is 0 Å². The fourth-order valence-electron chi connectivity index (χ4n) is 1.50. The van der Waals surface area contributed by atoms with Gasteiger partial charge in [0.2, 0.25) is 5.44 Å². The van der Waals surface area contributed by atoms with Crippen LogP contribution in [0, 0.1) is 0 Å². The van der Waals surface area contributed by atoms with Crippen LogP contribution in [0.15, 0.2) is 0 Å². The van der Waals surface area contributed by atoms with E-state index in [0.29, 0.717) is 12.0 Å². The van der Waals surface area contributed by atoms with Crippen LogP contribution in [0.2, 0.25) is 0 Å². The Hall–Kier alpha value is -1.35. The van der Waals surface area contributed by atoms with E-state index >= 15 is 0 Å². The van der Waals surface area contributed by atoms with Gasteiger partial charge in [0.1, 0.15) is 12.7 Å². The molecule has 1 heterocycles. The lowest BCUT2D eigenvalue weighted by Gasteiger charge is -2.35. The van der Waals surface area contributed by atoms with Crippen molar-refractivity contribution in [2.75, 3.05) is 6.61 Å². The zero-order valence-corrected chi connectivity index (χ0v) is 12.0. The average molecular weight is 310 g/mol. The zero-order chi connectivity index (χ0) is 15.3. The Morgan fingerprint density at radius 1 is 1.10 bits per heavy atom. The van der Waals surface area contributed by atoms with Crippen molar-refractivity contribution in [3.63, 3.8) is 0 Å². The minimum atomic E-state index is -1.79. The molecular weight excluding hydrogens is 295 g/mol. The molecule has 20 heavy (non-hydrogen) atoms. The Bertz CT molecular complexity index is 387. The average Bonchev–Trinajstić information content (AvgIpc) is 2.32. The molecule has 0 unspecified atom stereocenters. The van der Waals surface area contributed by atoms with Gasteiger partial charge in [0, 0.05) is 32.8 Å². The van der Waals surface area contributed by atoms with E-state index in [9.17, 15) is 18.8 Å². The first-order valence-corrected chi connectivity index (χ1v) is 6.55. The summed E-state index contributed by atoms with van der Waals surface area (Å²) >= 11 is 0.590. The molecule has 0 aromatic rings. The zero-order valence-electron chi connectivity index (χ0n) is 11.2. The minimum Gasteiger partial charge on any atom is -0.463 e. The van der Waals surface area contributed by atoms with Crippen LogP contribution in [-0.2, 0) is 32.8 Å².